The SMILES string of the molecule is CCCNc1nc(-c2cncc(Br)c2)nc(CCC)c1Br. The molecule has 2 aromatic rings. The fourth-order valence-corrected chi connectivity index (χ4v) is 2.80. The van der Waals surface area contributed by atoms with E-state index in [9.17, 15) is 0 Å². The highest BCUT2D eigenvalue weighted by atomic mass is 79.9. The Morgan fingerprint density at radius 1 is 1.10 bits per heavy atom. The van der Waals surface area contributed by atoms with Gasteiger partial charge in [0.25, 0.3) is 0 Å². The number of anilines is 1. The second-order valence-electron chi connectivity index (χ2n) is 4.73. The van der Waals surface area contributed by atoms with Crippen molar-refractivity contribution < 1.29 is 0 Å². The molecule has 0 aliphatic rings. The average molecular weight is 414 g/mol. The predicted molar refractivity (Wildman–Crippen MR) is 93.4 cm³/mol. The molecule has 0 spiro atoms. The molecule has 21 heavy (non-hydrogen) atoms. The van der Waals surface area contributed by atoms with Crippen molar-refractivity contribution in [2.24, 2.45) is 0 Å². The summed E-state index contributed by atoms with van der Waals surface area (Å²) >= 11 is 7.06. The van der Waals surface area contributed by atoms with Crippen molar-refractivity contribution in [3.8, 4) is 11.4 Å². The van der Waals surface area contributed by atoms with Crippen LogP contribution in [0.15, 0.2) is 27.4 Å². The molecule has 2 aromatic heterocycles. The van der Waals surface area contributed by atoms with Gasteiger partial charge in [-0.15, -0.1) is 0 Å². The summed E-state index contributed by atoms with van der Waals surface area (Å²) < 4.78 is 1.89. The molecule has 0 amide bonds. The first-order chi connectivity index (χ1) is 10.2. The number of aryl methyl sites for hydroxylation is 1. The lowest BCUT2D eigenvalue weighted by molar-refractivity contribution is 0.864. The highest BCUT2D eigenvalue weighted by Crippen LogP contribution is 2.28. The van der Waals surface area contributed by atoms with Crippen molar-refractivity contribution in [1.29, 1.82) is 0 Å². The van der Waals surface area contributed by atoms with Crippen LogP contribution in [-0.4, -0.2) is 21.5 Å². The van der Waals surface area contributed by atoms with E-state index in [-0.39, 0.29) is 0 Å². The van der Waals surface area contributed by atoms with E-state index in [0.29, 0.717) is 5.82 Å². The summed E-state index contributed by atoms with van der Waals surface area (Å²) in [5.41, 5.74) is 1.94. The first-order valence-electron chi connectivity index (χ1n) is 7.06. The number of nitrogens with one attached hydrogen (secondary N) is 1. The van der Waals surface area contributed by atoms with E-state index in [0.717, 1.165) is 51.8 Å². The van der Waals surface area contributed by atoms with Gasteiger partial charge in [-0.05, 0) is 50.8 Å². The number of pyridine rings is 1. The molecule has 0 aliphatic carbocycles. The highest BCUT2D eigenvalue weighted by Gasteiger charge is 2.13. The summed E-state index contributed by atoms with van der Waals surface area (Å²) in [5, 5.41) is 3.36. The Balaban J connectivity index is 2.47. The van der Waals surface area contributed by atoms with Gasteiger partial charge in [0.2, 0.25) is 0 Å². The summed E-state index contributed by atoms with van der Waals surface area (Å²) in [7, 11) is 0. The molecule has 0 unspecified atom stereocenters. The molecule has 6 heteroatoms. The number of hydrogen-bond donors (Lipinski definition) is 1. The maximum atomic E-state index is 4.68. The van der Waals surface area contributed by atoms with Crippen LogP contribution in [-0.2, 0) is 6.42 Å². The molecule has 0 aliphatic heterocycles. The zero-order chi connectivity index (χ0) is 15.2. The molecular formula is C15H18Br2N4. The Morgan fingerprint density at radius 2 is 1.90 bits per heavy atom. The standard InChI is InChI=1S/C15H18Br2N4/c1-3-5-12-13(17)15(19-6-4-2)21-14(20-12)10-7-11(16)9-18-8-10/h7-9H,3-6H2,1-2H3,(H,19,20,21). The van der Waals surface area contributed by atoms with E-state index in [1.165, 1.54) is 0 Å². The molecular weight excluding hydrogens is 396 g/mol. The minimum Gasteiger partial charge on any atom is -0.369 e. The van der Waals surface area contributed by atoms with E-state index in [4.69, 9.17) is 0 Å². The monoisotopic (exact) mass is 412 g/mol. The van der Waals surface area contributed by atoms with Gasteiger partial charge in [0, 0.05) is 29.0 Å². The minimum absolute atomic E-state index is 0.703. The van der Waals surface area contributed by atoms with Gasteiger partial charge >= 0.3 is 0 Å². The fraction of sp³-hybridized carbons (Fsp3) is 0.400. The van der Waals surface area contributed by atoms with Crippen LogP contribution < -0.4 is 5.32 Å². The van der Waals surface area contributed by atoms with Crippen molar-refractivity contribution in [3.63, 3.8) is 0 Å². The Bertz CT molecular complexity index is 617. The van der Waals surface area contributed by atoms with Crippen LogP contribution >= 0.6 is 31.9 Å². The van der Waals surface area contributed by atoms with Gasteiger partial charge in [0.05, 0.1) is 10.2 Å². The first-order valence-corrected chi connectivity index (χ1v) is 8.65. The van der Waals surface area contributed by atoms with Gasteiger partial charge in [-0.2, -0.15) is 0 Å². The quantitative estimate of drug-likeness (QED) is 0.736. The molecule has 112 valence electrons. The van der Waals surface area contributed by atoms with E-state index < -0.39 is 0 Å². The molecule has 2 heterocycles. The van der Waals surface area contributed by atoms with Gasteiger partial charge in [-0.1, -0.05) is 20.3 Å². The van der Waals surface area contributed by atoms with Gasteiger partial charge in [-0.25, -0.2) is 9.97 Å². The lowest BCUT2D eigenvalue weighted by Crippen LogP contribution is -2.07. The fourth-order valence-electron chi connectivity index (χ4n) is 1.92. The molecule has 0 atom stereocenters. The molecule has 0 saturated heterocycles. The minimum atomic E-state index is 0.703. The Hall–Kier alpha value is -1.01. The highest BCUT2D eigenvalue weighted by molar-refractivity contribution is 9.11. The van der Waals surface area contributed by atoms with Crippen LogP contribution in [0.5, 0.6) is 0 Å². The van der Waals surface area contributed by atoms with Gasteiger partial charge < -0.3 is 5.32 Å². The van der Waals surface area contributed by atoms with Crippen LogP contribution in [0.25, 0.3) is 11.4 Å². The van der Waals surface area contributed by atoms with Gasteiger partial charge in [0.15, 0.2) is 5.82 Å². The number of aromatic nitrogens is 3. The summed E-state index contributed by atoms with van der Waals surface area (Å²) in [5.74, 6) is 1.55. The molecule has 4 nitrogen and oxygen atoms in total. The summed E-state index contributed by atoms with van der Waals surface area (Å²) in [6.45, 7) is 5.17. The third-order valence-electron chi connectivity index (χ3n) is 2.91. The van der Waals surface area contributed by atoms with Crippen molar-refractivity contribution in [2.75, 3.05) is 11.9 Å². The van der Waals surface area contributed by atoms with Crippen LogP contribution in [0.3, 0.4) is 0 Å². The number of nitrogens with zero attached hydrogens (tertiary/aromatic N) is 3. The van der Waals surface area contributed by atoms with Crippen molar-refractivity contribution in [3.05, 3.63) is 33.1 Å². The van der Waals surface area contributed by atoms with Crippen LogP contribution in [0.2, 0.25) is 0 Å². The summed E-state index contributed by atoms with van der Waals surface area (Å²) in [6.07, 6.45) is 6.55. The van der Waals surface area contributed by atoms with E-state index in [1.807, 2.05) is 6.07 Å². The van der Waals surface area contributed by atoms with Gasteiger partial charge in [0.1, 0.15) is 5.82 Å². The van der Waals surface area contributed by atoms with E-state index >= 15 is 0 Å². The number of halogens is 2. The second-order valence-corrected chi connectivity index (χ2v) is 6.43. The van der Waals surface area contributed by atoms with Crippen LogP contribution in [0.1, 0.15) is 32.4 Å². The maximum absolute atomic E-state index is 4.68. The molecule has 2 rings (SSSR count). The lowest BCUT2D eigenvalue weighted by Gasteiger charge is -2.12. The zero-order valence-corrected chi connectivity index (χ0v) is 15.3. The zero-order valence-electron chi connectivity index (χ0n) is 12.2. The number of rotatable bonds is 6. The first kappa shape index (κ1) is 16.4. The predicted octanol–water partition coefficient (Wildman–Crippen LogP) is 4.84. The Kier molecular flexibility index (Phi) is 6.11. The normalized spacial score (nSPS) is 10.7. The molecule has 0 saturated carbocycles. The van der Waals surface area contributed by atoms with Crippen molar-refractivity contribution in [1.82, 2.24) is 15.0 Å². The summed E-state index contributed by atoms with van der Waals surface area (Å²) in [4.78, 5) is 13.5. The van der Waals surface area contributed by atoms with E-state index in [2.05, 4.69) is 66.0 Å². The van der Waals surface area contributed by atoms with Crippen LogP contribution in [0.4, 0.5) is 5.82 Å². The molecule has 0 bridgehead atoms. The van der Waals surface area contributed by atoms with Crippen molar-refractivity contribution in [2.45, 2.75) is 33.1 Å². The third kappa shape index (κ3) is 4.23. The largest absolute Gasteiger partial charge is 0.369 e. The summed E-state index contributed by atoms with van der Waals surface area (Å²) in [6, 6.07) is 1.98. The third-order valence-corrected chi connectivity index (χ3v) is 4.18. The van der Waals surface area contributed by atoms with E-state index in [1.54, 1.807) is 12.4 Å². The molecule has 0 aromatic carbocycles. The lowest BCUT2D eigenvalue weighted by atomic mass is 10.2. The maximum Gasteiger partial charge on any atom is 0.163 e. The average Bonchev–Trinajstić information content (AvgIpc) is 2.48. The Labute approximate surface area is 142 Å². The second kappa shape index (κ2) is 7.84. The van der Waals surface area contributed by atoms with Crippen LogP contribution in [0, 0.1) is 0 Å². The smallest absolute Gasteiger partial charge is 0.163 e. The molecule has 1 N–H and O–H groups in total. The Morgan fingerprint density at radius 3 is 2.57 bits per heavy atom. The van der Waals surface area contributed by atoms with Crippen molar-refractivity contribution >= 4 is 37.7 Å². The topological polar surface area (TPSA) is 50.7 Å². The number of hydrogen-bond acceptors (Lipinski definition) is 4. The molecule has 0 fully saturated rings. The van der Waals surface area contributed by atoms with Gasteiger partial charge in [-0.3, -0.25) is 4.98 Å². The molecule has 0 radical (unpaired) electrons.